The van der Waals surface area contributed by atoms with Crippen LogP contribution in [0.5, 0.6) is 0 Å². The molecule has 0 atom stereocenters. The van der Waals surface area contributed by atoms with Crippen LogP contribution in [-0.2, 0) is 38.5 Å². The third-order valence-electron chi connectivity index (χ3n) is 13.5. The van der Waals surface area contributed by atoms with Gasteiger partial charge in [0.05, 0.1) is 11.4 Å². The molecule has 0 saturated heterocycles. The monoisotopic (exact) mass is 890 g/mol. The Labute approximate surface area is 403 Å². The van der Waals surface area contributed by atoms with Crippen molar-refractivity contribution >= 4 is 34.1 Å². The third-order valence-corrected chi connectivity index (χ3v) is 13.5. The number of anilines is 6. The standard InChI is InChI=1S/C63H62N4O/c1-7-45-13-29-53(30-14-45)64(54-31-15-46(8-2)16-32-54)57-37-21-49(22-38-57)51-25-41-59(42-26-51)66-61(11-5)62(12-6)67(63(66)68)60-43-27-52(28-44-60)50-23-39-58(40-24-50)65(55-33-17-47(9-3)18-34-55)56-35-19-48(10-4)20-36-56/h13-44H,7-12H2,1-6H3. The topological polar surface area (TPSA) is 33.4 Å². The lowest BCUT2D eigenvalue weighted by Gasteiger charge is -2.26. The van der Waals surface area contributed by atoms with Gasteiger partial charge >= 0.3 is 5.69 Å². The van der Waals surface area contributed by atoms with Gasteiger partial charge in [0, 0.05) is 45.5 Å². The smallest absolute Gasteiger partial charge is 0.311 e. The van der Waals surface area contributed by atoms with Gasteiger partial charge in [-0.05, 0) is 180 Å². The lowest BCUT2D eigenvalue weighted by molar-refractivity contribution is 0.868. The zero-order chi connectivity index (χ0) is 47.1. The summed E-state index contributed by atoms with van der Waals surface area (Å²) >= 11 is 0. The van der Waals surface area contributed by atoms with Crippen molar-refractivity contribution in [2.75, 3.05) is 9.80 Å². The first-order valence-corrected chi connectivity index (χ1v) is 24.6. The van der Waals surface area contributed by atoms with E-state index in [-0.39, 0.29) is 5.69 Å². The van der Waals surface area contributed by atoms with Crippen LogP contribution in [0.15, 0.2) is 199 Å². The maximum Gasteiger partial charge on any atom is 0.337 e. The Balaban J connectivity index is 0.967. The van der Waals surface area contributed by atoms with Crippen LogP contribution in [0.2, 0.25) is 0 Å². The highest BCUT2D eigenvalue weighted by molar-refractivity contribution is 5.80. The minimum absolute atomic E-state index is 0.0500. The summed E-state index contributed by atoms with van der Waals surface area (Å²) in [5.41, 5.74) is 20.2. The average molecular weight is 891 g/mol. The minimum Gasteiger partial charge on any atom is -0.311 e. The highest BCUT2D eigenvalue weighted by Crippen LogP contribution is 2.38. The number of imidazole rings is 1. The molecular weight excluding hydrogens is 829 g/mol. The van der Waals surface area contributed by atoms with Crippen molar-refractivity contribution in [1.29, 1.82) is 0 Å². The second-order valence-electron chi connectivity index (χ2n) is 17.5. The van der Waals surface area contributed by atoms with Crippen LogP contribution in [0.25, 0.3) is 33.6 Å². The molecule has 9 rings (SSSR count). The van der Waals surface area contributed by atoms with E-state index < -0.39 is 0 Å². The van der Waals surface area contributed by atoms with Crippen molar-refractivity contribution in [3.8, 4) is 33.6 Å². The van der Waals surface area contributed by atoms with E-state index in [1.807, 2.05) is 9.13 Å². The first kappa shape index (κ1) is 45.5. The van der Waals surface area contributed by atoms with Gasteiger partial charge in [0.25, 0.3) is 0 Å². The van der Waals surface area contributed by atoms with Crippen LogP contribution < -0.4 is 15.5 Å². The molecule has 9 aromatic rings. The Hall–Kier alpha value is -7.63. The number of rotatable bonds is 16. The van der Waals surface area contributed by atoms with E-state index in [4.69, 9.17) is 0 Å². The van der Waals surface area contributed by atoms with Crippen LogP contribution in [0, 0.1) is 0 Å². The summed E-state index contributed by atoms with van der Waals surface area (Å²) in [5.74, 6) is 0. The SMILES string of the molecule is CCc1ccc(N(c2ccc(CC)cc2)c2ccc(-c3ccc(-n4c(CC)c(CC)n(-c5ccc(-c6ccc(N(c7ccc(CC)cc7)c7ccc(CC)cc7)cc6)cc5)c4=O)cc3)cc2)cc1. The second kappa shape index (κ2) is 20.5. The van der Waals surface area contributed by atoms with Gasteiger partial charge < -0.3 is 9.80 Å². The van der Waals surface area contributed by atoms with Crippen LogP contribution >= 0.6 is 0 Å². The highest BCUT2D eigenvalue weighted by Gasteiger charge is 2.21. The molecule has 0 bridgehead atoms. The van der Waals surface area contributed by atoms with Crippen LogP contribution in [0.3, 0.4) is 0 Å². The maximum absolute atomic E-state index is 14.6. The summed E-state index contributed by atoms with van der Waals surface area (Å²) < 4.78 is 3.81. The predicted octanol–water partition coefficient (Wildman–Crippen LogP) is 16.3. The first-order chi connectivity index (χ1) is 33.3. The van der Waals surface area contributed by atoms with Crippen molar-refractivity contribution in [2.24, 2.45) is 0 Å². The summed E-state index contributed by atoms with van der Waals surface area (Å²) in [7, 11) is 0. The van der Waals surface area contributed by atoms with Crippen LogP contribution in [0.1, 0.15) is 75.2 Å². The van der Waals surface area contributed by atoms with E-state index in [9.17, 15) is 4.79 Å². The second-order valence-corrected chi connectivity index (χ2v) is 17.5. The fourth-order valence-electron chi connectivity index (χ4n) is 9.48. The molecule has 0 aliphatic rings. The summed E-state index contributed by atoms with van der Waals surface area (Å²) in [5, 5.41) is 0. The minimum atomic E-state index is -0.0500. The molecule has 0 saturated carbocycles. The van der Waals surface area contributed by atoms with Crippen molar-refractivity contribution in [3.05, 3.63) is 238 Å². The third kappa shape index (κ3) is 9.22. The first-order valence-electron chi connectivity index (χ1n) is 24.6. The predicted molar refractivity (Wildman–Crippen MR) is 288 cm³/mol. The molecule has 0 spiro atoms. The molecule has 0 aliphatic carbocycles. The quantitative estimate of drug-likeness (QED) is 0.0969. The Morgan fingerprint density at radius 2 is 0.485 bits per heavy atom. The Kier molecular flexibility index (Phi) is 13.7. The molecule has 5 nitrogen and oxygen atoms in total. The van der Waals surface area contributed by atoms with Crippen molar-refractivity contribution in [3.63, 3.8) is 0 Å². The van der Waals surface area contributed by atoms with Gasteiger partial charge in [-0.1, -0.05) is 139 Å². The zero-order valence-electron chi connectivity index (χ0n) is 40.4. The van der Waals surface area contributed by atoms with E-state index in [1.165, 1.54) is 22.3 Å². The van der Waals surface area contributed by atoms with Gasteiger partial charge in [-0.2, -0.15) is 0 Å². The van der Waals surface area contributed by atoms with Gasteiger partial charge in [-0.25, -0.2) is 4.79 Å². The molecule has 1 aromatic heterocycles. The lowest BCUT2D eigenvalue weighted by atomic mass is 10.0. The summed E-state index contributed by atoms with van der Waals surface area (Å²) in [4.78, 5) is 19.2. The normalized spacial score (nSPS) is 11.2. The van der Waals surface area contributed by atoms with Gasteiger partial charge in [0.1, 0.15) is 0 Å². The number of aromatic nitrogens is 2. The molecule has 0 N–H and O–H groups in total. The average Bonchev–Trinajstić information content (AvgIpc) is 3.70. The lowest BCUT2D eigenvalue weighted by Crippen LogP contribution is -2.23. The van der Waals surface area contributed by atoms with E-state index in [0.717, 1.165) is 118 Å². The van der Waals surface area contributed by atoms with Crippen LogP contribution in [0.4, 0.5) is 34.1 Å². The largest absolute Gasteiger partial charge is 0.337 e. The molecule has 0 unspecified atom stereocenters. The van der Waals surface area contributed by atoms with E-state index in [1.54, 1.807) is 0 Å². The number of benzene rings is 8. The molecule has 340 valence electrons. The van der Waals surface area contributed by atoms with Gasteiger partial charge in [-0.3, -0.25) is 9.13 Å². The summed E-state index contributed by atoms with van der Waals surface area (Å²) in [6.45, 7) is 13.0. The zero-order valence-corrected chi connectivity index (χ0v) is 40.4. The number of hydrogen-bond acceptors (Lipinski definition) is 3. The van der Waals surface area contributed by atoms with Gasteiger partial charge in [0.15, 0.2) is 0 Å². The van der Waals surface area contributed by atoms with Crippen LogP contribution in [-0.4, -0.2) is 9.13 Å². The molecule has 0 amide bonds. The number of aryl methyl sites for hydroxylation is 4. The molecule has 0 fully saturated rings. The fraction of sp³-hybridized carbons (Fsp3) is 0.190. The molecule has 8 aromatic carbocycles. The Bertz CT molecular complexity index is 2820. The molecule has 0 aliphatic heterocycles. The molecule has 5 heteroatoms. The molecule has 1 heterocycles. The van der Waals surface area contributed by atoms with E-state index >= 15 is 0 Å². The van der Waals surface area contributed by atoms with E-state index in [0.29, 0.717) is 0 Å². The van der Waals surface area contributed by atoms with E-state index in [2.05, 4.69) is 245 Å². The molecule has 0 radical (unpaired) electrons. The van der Waals surface area contributed by atoms with Crippen molar-refractivity contribution < 1.29 is 0 Å². The maximum atomic E-state index is 14.6. The Morgan fingerprint density at radius 3 is 0.691 bits per heavy atom. The summed E-state index contributed by atoms with van der Waals surface area (Å²) in [6, 6.07) is 69.9. The van der Waals surface area contributed by atoms with Crippen molar-refractivity contribution in [1.82, 2.24) is 9.13 Å². The number of nitrogens with zero attached hydrogens (tertiary/aromatic N) is 4. The van der Waals surface area contributed by atoms with Gasteiger partial charge in [0.2, 0.25) is 0 Å². The van der Waals surface area contributed by atoms with Gasteiger partial charge in [-0.15, -0.1) is 0 Å². The number of hydrogen-bond donors (Lipinski definition) is 0. The fourth-order valence-corrected chi connectivity index (χ4v) is 9.48. The molecule has 68 heavy (non-hydrogen) atoms. The van der Waals surface area contributed by atoms with Crippen molar-refractivity contribution in [2.45, 2.75) is 80.1 Å². The molecular formula is C63H62N4O. The Morgan fingerprint density at radius 1 is 0.279 bits per heavy atom. The highest BCUT2D eigenvalue weighted by atomic mass is 16.1. The summed E-state index contributed by atoms with van der Waals surface area (Å²) in [6.07, 6.45) is 5.51.